The van der Waals surface area contributed by atoms with Crippen molar-refractivity contribution >= 4 is 11.9 Å². The van der Waals surface area contributed by atoms with Gasteiger partial charge in [0.25, 0.3) is 0 Å². The first-order valence-electron chi connectivity index (χ1n) is 8.50. The van der Waals surface area contributed by atoms with E-state index in [-0.39, 0.29) is 5.57 Å². The van der Waals surface area contributed by atoms with Crippen molar-refractivity contribution in [2.75, 3.05) is 0 Å². The van der Waals surface area contributed by atoms with Crippen molar-refractivity contribution in [2.24, 2.45) is 0 Å². The maximum atomic E-state index is 12.5. The fraction of sp³-hybridized carbons (Fsp3) is 0.500. The molecule has 4 heteroatoms. The van der Waals surface area contributed by atoms with E-state index in [0.717, 1.165) is 37.7 Å². The van der Waals surface area contributed by atoms with E-state index in [9.17, 15) is 9.59 Å². The molecule has 0 radical (unpaired) electrons. The van der Waals surface area contributed by atoms with Crippen molar-refractivity contribution in [3.05, 3.63) is 47.5 Å². The lowest BCUT2D eigenvalue weighted by molar-refractivity contribution is -0.180. The highest BCUT2D eigenvalue weighted by Gasteiger charge is 2.39. The van der Waals surface area contributed by atoms with Crippen molar-refractivity contribution in [1.29, 1.82) is 0 Å². The Labute approximate surface area is 143 Å². The van der Waals surface area contributed by atoms with Crippen molar-refractivity contribution in [3.8, 4) is 0 Å². The average molecular weight is 330 g/mol. The van der Waals surface area contributed by atoms with Gasteiger partial charge in [-0.15, -0.1) is 0 Å². The zero-order valence-electron chi connectivity index (χ0n) is 14.8. The molecule has 0 heterocycles. The van der Waals surface area contributed by atoms with Gasteiger partial charge in [-0.3, -0.25) is 0 Å². The van der Waals surface area contributed by atoms with E-state index in [1.807, 2.05) is 31.2 Å². The average Bonchev–Trinajstić information content (AvgIpc) is 2.56. The third kappa shape index (κ3) is 4.25. The molecule has 1 aromatic rings. The Balaban J connectivity index is 2.16. The van der Waals surface area contributed by atoms with Crippen LogP contribution in [0.5, 0.6) is 0 Å². The van der Waals surface area contributed by atoms with Crippen LogP contribution in [0.1, 0.15) is 57.1 Å². The van der Waals surface area contributed by atoms with E-state index in [4.69, 9.17) is 9.47 Å². The third-order valence-corrected chi connectivity index (χ3v) is 4.50. The molecule has 0 saturated heterocycles. The molecule has 0 aromatic heterocycles. The van der Waals surface area contributed by atoms with E-state index in [0.29, 0.717) is 0 Å². The van der Waals surface area contributed by atoms with Gasteiger partial charge in [0, 0.05) is 5.57 Å². The fourth-order valence-electron chi connectivity index (χ4n) is 3.01. The third-order valence-electron chi connectivity index (χ3n) is 4.50. The van der Waals surface area contributed by atoms with Gasteiger partial charge in [0.05, 0.1) is 0 Å². The van der Waals surface area contributed by atoms with Crippen LogP contribution in [0.2, 0.25) is 0 Å². The van der Waals surface area contributed by atoms with Crippen LogP contribution in [0.15, 0.2) is 36.4 Å². The maximum absolute atomic E-state index is 12.5. The molecule has 1 unspecified atom stereocenters. The molecule has 0 N–H and O–H groups in total. The van der Waals surface area contributed by atoms with Crippen LogP contribution >= 0.6 is 0 Å². The van der Waals surface area contributed by atoms with Crippen LogP contribution in [0.3, 0.4) is 0 Å². The largest absolute Gasteiger partial charge is 0.451 e. The first-order chi connectivity index (χ1) is 11.3. The summed E-state index contributed by atoms with van der Waals surface area (Å²) >= 11 is 0. The normalized spacial score (nSPS) is 17.6. The molecule has 0 amide bonds. The number of rotatable bonds is 5. The summed E-state index contributed by atoms with van der Waals surface area (Å²) in [6.45, 7) is 8.64. The molecular weight excluding hydrogens is 304 g/mol. The van der Waals surface area contributed by atoms with Crippen molar-refractivity contribution in [3.63, 3.8) is 0 Å². The molecule has 1 saturated carbocycles. The number of carbonyl (C=O) groups is 2. The highest BCUT2D eigenvalue weighted by molar-refractivity contribution is 5.89. The molecule has 1 aliphatic rings. The van der Waals surface area contributed by atoms with E-state index >= 15 is 0 Å². The minimum atomic E-state index is -0.946. The fourth-order valence-corrected chi connectivity index (χ4v) is 3.01. The topological polar surface area (TPSA) is 52.6 Å². The molecule has 130 valence electrons. The van der Waals surface area contributed by atoms with E-state index < -0.39 is 23.6 Å². The lowest BCUT2D eigenvalue weighted by Crippen LogP contribution is -2.39. The Kier molecular flexibility index (Phi) is 5.81. The first kappa shape index (κ1) is 18.2. The van der Waals surface area contributed by atoms with Crippen molar-refractivity contribution in [1.82, 2.24) is 0 Å². The monoisotopic (exact) mass is 330 g/mol. The second-order valence-corrected chi connectivity index (χ2v) is 6.67. The molecule has 2 rings (SSSR count). The van der Waals surface area contributed by atoms with Gasteiger partial charge >= 0.3 is 11.9 Å². The number of hydrogen-bond acceptors (Lipinski definition) is 4. The maximum Gasteiger partial charge on any atom is 0.348 e. The summed E-state index contributed by atoms with van der Waals surface area (Å²) in [5, 5.41) is 0. The highest BCUT2D eigenvalue weighted by atomic mass is 16.6. The lowest BCUT2D eigenvalue weighted by Gasteiger charge is -2.38. The van der Waals surface area contributed by atoms with Gasteiger partial charge in [-0.25, -0.2) is 9.59 Å². The number of carbonyl (C=O) groups excluding carboxylic acids is 2. The van der Waals surface area contributed by atoms with Gasteiger partial charge in [-0.1, -0.05) is 42.8 Å². The summed E-state index contributed by atoms with van der Waals surface area (Å²) in [6.07, 6.45) is 3.82. The van der Waals surface area contributed by atoms with Crippen LogP contribution in [0.25, 0.3) is 0 Å². The number of ether oxygens (including phenoxy) is 2. The Bertz CT molecular complexity index is 609. The second kappa shape index (κ2) is 7.65. The first-order valence-corrected chi connectivity index (χ1v) is 8.50. The Morgan fingerprint density at radius 1 is 1.12 bits per heavy atom. The van der Waals surface area contributed by atoms with Gasteiger partial charge in [0.15, 0.2) is 6.10 Å². The SMILES string of the molecule is C=C(C)C(=O)OC(C)C(=O)OC1(c2ccc(C)cc2)CCCCC1. The highest BCUT2D eigenvalue weighted by Crippen LogP contribution is 2.41. The molecule has 1 atom stereocenters. The molecule has 1 fully saturated rings. The van der Waals surface area contributed by atoms with Gasteiger partial charge in [-0.05, 0) is 52.0 Å². The van der Waals surface area contributed by atoms with Gasteiger partial charge in [0.2, 0.25) is 0 Å². The van der Waals surface area contributed by atoms with E-state index in [1.54, 1.807) is 6.92 Å². The smallest absolute Gasteiger partial charge is 0.348 e. The van der Waals surface area contributed by atoms with Crippen LogP contribution in [0, 0.1) is 6.92 Å². The molecule has 0 aliphatic heterocycles. The number of benzene rings is 1. The molecule has 0 spiro atoms. The van der Waals surface area contributed by atoms with Gasteiger partial charge in [0.1, 0.15) is 5.60 Å². The Hall–Kier alpha value is -2.10. The minimum Gasteiger partial charge on any atom is -0.451 e. The van der Waals surface area contributed by atoms with E-state index in [1.165, 1.54) is 12.5 Å². The molecule has 1 aromatic carbocycles. The standard InChI is InChI=1S/C20H26O4/c1-14(2)18(21)23-16(4)19(22)24-20(12-6-5-7-13-20)17-10-8-15(3)9-11-17/h8-11,16H,1,5-7,12-13H2,2-4H3. The number of esters is 2. The summed E-state index contributed by atoms with van der Waals surface area (Å²) in [5.41, 5.74) is 1.83. The van der Waals surface area contributed by atoms with Gasteiger partial charge < -0.3 is 9.47 Å². The lowest BCUT2D eigenvalue weighted by atomic mass is 9.79. The molecule has 24 heavy (non-hydrogen) atoms. The number of hydrogen-bond donors (Lipinski definition) is 0. The zero-order valence-corrected chi connectivity index (χ0v) is 14.8. The quantitative estimate of drug-likeness (QED) is 0.599. The van der Waals surface area contributed by atoms with Crippen molar-refractivity contribution in [2.45, 2.75) is 64.6 Å². The van der Waals surface area contributed by atoms with Crippen molar-refractivity contribution < 1.29 is 19.1 Å². The van der Waals surface area contributed by atoms with Crippen LogP contribution in [-0.4, -0.2) is 18.0 Å². The molecule has 1 aliphatic carbocycles. The summed E-state index contributed by atoms with van der Waals surface area (Å²) in [4.78, 5) is 24.1. The predicted molar refractivity (Wildman–Crippen MR) is 92.4 cm³/mol. The van der Waals surface area contributed by atoms with Gasteiger partial charge in [-0.2, -0.15) is 0 Å². The minimum absolute atomic E-state index is 0.264. The Morgan fingerprint density at radius 2 is 1.71 bits per heavy atom. The molecular formula is C20H26O4. The number of aryl methyl sites for hydroxylation is 1. The molecule has 0 bridgehead atoms. The second-order valence-electron chi connectivity index (χ2n) is 6.67. The summed E-state index contributed by atoms with van der Waals surface area (Å²) < 4.78 is 11.0. The molecule has 4 nitrogen and oxygen atoms in total. The van der Waals surface area contributed by atoms with E-state index in [2.05, 4.69) is 6.58 Å². The summed E-state index contributed by atoms with van der Waals surface area (Å²) in [6, 6.07) is 8.12. The Morgan fingerprint density at radius 3 is 2.25 bits per heavy atom. The zero-order chi connectivity index (χ0) is 17.7. The summed E-state index contributed by atoms with van der Waals surface area (Å²) in [5.74, 6) is -1.08. The summed E-state index contributed by atoms with van der Waals surface area (Å²) in [7, 11) is 0. The predicted octanol–water partition coefficient (Wildman–Crippen LogP) is 4.21. The van der Waals surface area contributed by atoms with Crippen LogP contribution in [-0.2, 0) is 24.7 Å². The van der Waals surface area contributed by atoms with Crippen LogP contribution in [0.4, 0.5) is 0 Å². The van der Waals surface area contributed by atoms with Crippen LogP contribution < -0.4 is 0 Å².